The molecule has 0 aromatic rings. The van der Waals surface area contributed by atoms with Gasteiger partial charge < -0.3 is 19.3 Å². The lowest BCUT2D eigenvalue weighted by molar-refractivity contribution is -0.285. The number of alkyl halides is 1. The molecule has 0 saturated carbocycles. The zero-order chi connectivity index (χ0) is 17.4. The van der Waals surface area contributed by atoms with Gasteiger partial charge in [-0.2, -0.15) is 8.42 Å². The molecular weight excluding hydrogens is 327 g/mol. The molecule has 22 heavy (non-hydrogen) atoms. The Kier molecular flexibility index (Phi) is 5.22. The van der Waals surface area contributed by atoms with Gasteiger partial charge in [0.2, 0.25) is 0 Å². The quantitative estimate of drug-likeness (QED) is 0.386. The average Bonchev–Trinajstić information content (AvgIpc) is 2.68. The Bertz CT molecular complexity index is 530. The van der Waals surface area contributed by atoms with Gasteiger partial charge in [-0.25, -0.2) is 13.4 Å². The molecule has 11 heteroatoms. The van der Waals surface area contributed by atoms with Crippen molar-refractivity contribution < 1.29 is 45.7 Å². The molecule has 1 rings (SSSR count). The summed E-state index contributed by atoms with van der Waals surface area (Å²) in [5.74, 6) is -6.26. The minimum absolute atomic E-state index is 0.228. The fourth-order valence-corrected chi connectivity index (χ4v) is 2.47. The van der Waals surface area contributed by atoms with E-state index in [0.717, 1.165) is 0 Å². The minimum atomic E-state index is -5.32. The molecule has 1 aliphatic heterocycles. The summed E-state index contributed by atoms with van der Waals surface area (Å²) in [4.78, 5) is 11.7. The van der Waals surface area contributed by atoms with E-state index in [1.54, 1.807) is 0 Å². The van der Waals surface area contributed by atoms with E-state index in [1.807, 2.05) is 0 Å². The molecule has 1 heterocycles. The van der Waals surface area contributed by atoms with Crippen LogP contribution in [0, 0.1) is 0 Å². The molecule has 0 aliphatic carbocycles. The predicted molar refractivity (Wildman–Crippen MR) is 68.6 cm³/mol. The largest absolute Gasteiger partial charge is 0.463 e. The van der Waals surface area contributed by atoms with Gasteiger partial charge in [0.15, 0.2) is 5.79 Å². The Hall–Kier alpha value is -0.850. The minimum Gasteiger partial charge on any atom is -0.463 e. The molecule has 0 aromatic heterocycles. The number of hydrogen-bond donors (Lipinski definition) is 2. The van der Waals surface area contributed by atoms with Crippen LogP contribution >= 0.6 is 0 Å². The van der Waals surface area contributed by atoms with Gasteiger partial charge in [0.25, 0.3) is 11.5 Å². The van der Waals surface area contributed by atoms with Crippen molar-refractivity contribution in [2.24, 2.45) is 0 Å². The third-order valence-corrected chi connectivity index (χ3v) is 3.47. The van der Waals surface area contributed by atoms with Crippen LogP contribution in [0.15, 0.2) is 0 Å². The second-order valence-electron chi connectivity index (χ2n) is 5.25. The summed E-state index contributed by atoms with van der Waals surface area (Å²) in [6.45, 7) is 4.05. The molecule has 1 saturated heterocycles. The number of carbonyl (C=O) groups excluding carboxylic acids is 1. The molecule has 0 amide bonds. The van der Waals surface area contributed by atoms with Gasteiger partial charge in [-0.1, -0.05) is 0 Å². The molecule has 0 unspecified atom stereocenters. The van der Waals surface area contributed by atoms with Crippen molar-refractivity contribution in [3.8, 4) is 0 Å². The Morgan fingerprint density at radius 3 is 2.41 bits per heavy atom. The molecule has 130 valence electrons. The summed E-state index contributed by atoms with van der Waals surface area (Å²) >= 11 is 0. The Labute approximate surface area is 127 Å². The molecule has 1 aliphatic rings. The van der Waals surface area contributed by atoms with E-state index in [1.165, 1.54) is 20.8 Å². The highest BCUT2D eigenvalue weighted by Crippen LogP contribution is 2.40. The monoisotopic (exact) mass is 346 g/mol. The van der Waals surface area contributed by atoms with Crippen molar-refractivity contribution in [1.82, 2.24) is 0 Å². The van der Waals surface area contributed by atoms with Crippen molar-refractivity contribution in [2.45, 2.75) is 51.0 Å². The van der Waals surface area contributed by atoms with Crippen molar-refractivity contribution in [3.63, 3.8) is 0 Å². The Balaban J connectivity index is 3.25. The number of ether oxygens (including phenoxy) is 3. The number of halogens is 1. The van der Waals surface area contributed by atoms with Gasteiger partial charge >= 0.3 is 16.4 Å². The molecule has 0 aromatic carbocycles. The second-order valence-corrected chi connectivity index (χ2v) is 6.27. The first-order valence-corrected chi connectivity index (χ1v) is 7.70. The lowest BCUT2D eigenvalue weighted by Gasteiger charge is -2.38. The third kappa shape index (κ3) is 3.91. The fraction of sp³-hybridized carbons (Fsp3) is 0.909. The first-order chi connectivity index (χ1) is 9.75. The maximum Gasteiger partial charge on any atom is 0.400 e. The summed E-state index contributed by atoms with van der Waals surface area (Å²) in [6.07, 6.45) is -1.72. The lowest BCUT2D eigenvalue weighted by Crippen LogP contribution is -2.64. The lowest BCUT2D eigenvalue weighted by atomic mass is 9.92. The first-order valence-electron chi connectivity index (χ1n) is 6.33. The molecule has 0 bridgehead atoms. The standard InChI is InChI=1S/C11H19FO9S/c1-5-18-8(13)10(4,12)11(14,21-22(15,16)17)7-6-19-9(2,3)20-7/h7,14H,5-6H2,1-4H3,(H,15,16,17)/t7-,10+,11+/m1/s1. The van der Waals surface area contributed by atoms with Gasteiger partial charge in [0.1, 0.15) is 6.10 Å². The average molecular weight is 346 g/mol. The number of hydrogen-bond acceptors (Lipinski definition) is 8. The van der Waals surface area contributed by atoms with Crippen molar-refractivity contribution >= 4 is 16.4 Å². The second kappa shape index (κ2) is 5.98. The molecule has 9 nitrogen and oxygen atoms in total. The van der Waals surface area contributed by atoms with Crippen molar-refractivity contribution in [1.29, 1.82) is 0 Å². The number of carbonyl (C=O) groups is 1. The van der Waals surface area contributed by atoms with Crippen molar-refractivity contribution in [3.05, 3.63) is 0 Å². The van der Waals surface area contributed by atoms with E-state index in [0.29, 0.717) is 6.92 Å². The van der Waals surface area contributed by atoms with Crippen LogP contribution in [0.5, 0.6) is 0 Å². The molecule has 3 atom stereocenters. The highest BCUT2D eigenvalue weighted by Gasteiger charge is 2.65. The fourth-order valence-electron chi connectivity index (χ4n) is 1.89. The maximum atomic E-state index is 14.8. The first kappa shape index (κ1) is 19.2. The zero-order valence-corrected chi connectivity index (χ0v) is 13.3. The summed E-state index contributed by atoms with van der Waals surface area (Å²) in [6, 6.07) is 0. The summed E-state index contributed by atoms with van der Waals surface area (Å²) in [5.41, 5.74) is -3.37. The van der Waals surface area contributed by atoms with E-state index >= 15 is 0 Å². The molecule has 1 fully saturated rings. The summed E-state index contributed by atoms with van der Waals surface area (Å²) < 4.78 is 64.2. The van der Waals surface area contributed by atoms with Crippen LogP contribution in [0.2, 0.25) is 0 Å². The van der Waals surface area contributed by atoms with Gasteiger partial charge in [-0.3, -0.25) is 4.55 Å². The topological polar surface area (TPSA) is 129 Å². The van der Waals surface area contributed by atoms with Gasteiger partial charge in [-0.05, 0) is 27.7 Å². The highest BCUT2D eigenvalue weighted by molar-refractivity contribution is 7.80. The van der Waals surface area contributed by atoms with E-state index < -0.39 is 46.3 Å². The maximum absolute atomic E-state index is 14.8. The van der Waals surface area contributed by atoms with Crippen LogP contribution in [0.3, 0.4) is 0 Å². The molecule has 0 radical (unpaired) electrons. The molecule has 2 N–H and O–H groups in total. The molecular formula is C11H19FO9S. The van der Waals surface area contributed by atoms with E-state index in [9.17, 15) is 22.7 Å². The smallest absolute Gasteiger partial charge is 0.400 e. The van der Waals surface area contributed by atoms with E-state index in [4.69, 9.17) is 14.0 Å². The van der Waals surface area contributed by atoms with E-state index in [-0.39, 0.29) is 6.61 Å². The summed E-state index contributed by atoms with van der Waals surface area (Å²) in [5, 5.41) is 10.4. The third-order valence-electron chi connectivity index (χ3n) is 3.01. The Morgan fingerprint density at radius 1 is 1.50 bits per heavy atom. The van der Waals surface area contributed by atoms with Crippen LogP contribution in [-0.4, -0.2) is 60.6 Å². The van der Waals surface area contributed by atoms with Gasteiger partial charge in [-0.15, -0.1) is 0 Å². The van der Waals surface area contributed by atoms with Crippen LogP contribution < -0.4 is 0 Å². The Morgan fingerprint density at radius 2 is 2.05 bits per heavy atom. The number of esters is 1. The number of rotatable bonds is 6. The van der Waals surface area contributed by atoms with Crippen LogP contribution in [-0.2, 0) is 33.6 Å². The summed E-state index contributed by atoms with van der Waals surface area (Å²) in [7, 11) is -5.32. The van der Waals surface area contributed by atoms with E-state index in [2.05, 4.69) is 8.92 Å². The van der Waals surface area contributed by atoms with Crippen molar-refractivity contribution in [2.75, 3.05) is 13.2 Å². The molecule has 0 spiro atoms. The SMILES string of the molecule is CCOC(=O)[C@](C)(F)[C@@](O)(OS(=O)(=O)O)[C@H]1COC(C)(C)O1. The number of aliphatic hydroxyl groups is 1. The van der Waals surface area contributed by atoms with Gasteiger partial charge in [0.05, 0.1) is 13.2 Å². The normalized spacial score (nSPS) is 27.0. The van der Waals surface area contributed by atoms with Gasteiger partial charge in [0, 0.05) is 0 Å². The van der Waals surface area contributed by atoms with Crippen LogP contribution in [0.1, 0.15) is 27.7 Å². The van der Waals surface area contributed by atoms with Crippen LogP contribution in [0.4, 0.5) is 4.39 Å². The predicted octanol–water partition coefficient (Wildman–Crippen LogP) is -0.0628. The highest BCUT2D eigenvalue weighted by atomic mass is 32.3. The zero-order valence-electron chi connectivity index (χ0n) is 12.5. The van der Waals surface area contributed by atoms with Crippen LogP contribution in [0.25, 0.3) is 0 Å².